The average Bonchev–Trinajstić information content (AvgIpc) is 2.66. The van der Waals surface area contributed by atoms with E-state index in [-0.39, 0.29) is 12.0 Å². The van der Waals surface area contributed by atoms with Crippen molar-refractivity contribution in [2.75, 3.05) is 11.9 Å². The molecule has 2 aliphatic heterocycles. The molecule has 1 aromatic carbocycles. The van der Waals surface area contributed by atoms with Crippen molar-refractivity contribution < 1.29 is 9.90 Å². The number of nitrogens with one attached hydrogen (secondary N) is 1. The maximum Gasteiger partial charge on any atom is 0.411 e. The molecule has 4 heteroatoms. The summed E-state index contributed by atoms with van der Waals surface area (Å²) in [5.41, 5.74) is 2.33. The summed E-state index contributed by atoms with van der Waals surface area (Å²) >= 11 is 0. The molecule has 2 aliphatic rings. The maximum atomic E-state index is 10.9. The van der Waals surface area contributed by atoms with Crippen LogP contribution in [0.25, 0.3) is 0 Å². The summed E-state index contributed by atoms with van der Waals surface area (Å²) in [6.45, 7) is 0.528. The third-order valence-corrected chi connectivity index (χ3v) is 3.23. The first-order chi connectivity index (χ1) is 7.75. The molecule has 0 spiro atoms. The van der Waals surface area contributed by atoms with E-state index in [0.717, 1.165) is 5.69 Å². The van der Waals surface area contributed by atoms with Crippen molar-refractivity contribution >= 4 is 11.8 Å². The molecular weight excluding hydrogens is 204 g/mol. The molecule has 4 nitrogen and oxygen atoms in total. The zero-order valence-corrected chi connectivity index (χ0v) is 8.63. The molecule has 0 radical (unpaired) electrons. The van der Waals surface area contributed by atoms with E-state index in [1.807, 2.05) is 24.3 Å². The summed E-state index contributed by atoms with van der Waals surface area (Å²) < 4.78 is 0. The fraction of sp³-hybridized carbons (Fsp3) is 0.250. The minimum atomic E-state index is -0.890. The van der Waals surface area contributed by atoms with Crippen LogP contribution in [0.4, 0.5) is 10.5 Å². The summed E-state index contributed by atoms with van der Waals surface area (Å²) in [5, 5.41) is 12.3. The monoisotopic (exact) mass is 216 g/mol. The van der Waals surface area contributed by atoms with Gasteiger partial charge < -0.3 is 10.4 Å². The number of para-hydroxylation sites is 1. The lowest BCUT2D eigenvalue weighted by molar-refractivity contribution is 0.158. The molecule has 0 saturated heterocycles. The van der Waals surface area contributed by atoms with Crippen molar-refractivity contribution in [2.45, 2.75) is 12.0 Å². The molecule has 0 aliphatic carbocycles. The smallest absolute Gasteiger partial charge is 0.411 e. The summed E-state index contributed by atoms with van der Waals surface area (Å²) in [4.78, 5) is 12.2. The SMILES string of the molecule is O=C(O)N1C=CC2Nc3ccccc3C2C1. The third-order valence-electron chi connectivity index (χ3n) is 3.23. The van der Waals surface area contributed by atoms with Gasteiger partial charge in [0.1, 0.15) is 0 Å². The Hall–Kier alpha value is -1.97. The van der Waals surface area contributed by atoms with Crippen LogP contribution in [0, 0.1) is 0 Å². The van der Waals surface area contributed by atoms with Crippen molar-refractivity contribution in [3.8, 4) is 0 Å². The van der Waals surface area contributed by atoms with E-state index in [1.165, 1.54) is 10.5 Å². The zero-order chi connectivity index (χ0) is 11.1. The number of benzene rings is 1. The molecule has 1 aromatic rings. The van der Waals surface area contributed by atoms with Gasteiger partial charge in [-0.3, -0.25) is 4.90 Å². The van der Waals surface area contributed by atoms with E-state index in [9.17, 15) is 4.79 Å². The van der Waals surface area contributed by atoms with Gasteiger partial charge in [-0.25, -0.2) is 4.79 Å². The minimum Gasteiger partial charge on any atom is -0.465 e. The van der Waals surface area contributed by atoms with Crippen molar-refractivity contribution in [1.82, 2.24) is 4.90 Å². The van der Waals surface area contributed by atoms with Gasteiger partial charge in [0.2, 0.25) is 0 Å². The van der Waals surface area contributed by atoms with E-state index in [4.69, 9.17) is 5.11 Å². The average molecular weight is 216 g/mol. The van der Waals surface area contributed by atoms with Gasteiger partial charge in [-0.15, -0.1) is 0 Å². The van der Waals surface area contributed by atoms with Crippen LogP contribution >= 0.6 is 0 Å². The van der Waals surface area contributed by atoms with E-state index < -0.39 is 6.09 Å². The summed E-state index contributed by atoms with van der Waals surface area (Å²) in [6.07, 6.45) is 2.67. The third kappa shape index (κ3) is 1.26. The van der Waals surface area contributed by atoms with Crippen LogP contribution in [0.2, 0.25) is 0 Å². The highest BCUT2D eigenvalue weighted by molar-refractivity contribution is 5.68. The minimum absolute atomic E-state index is 0.230. The highest BCUT2D eigenvalue weighted by Crippen LogP contribution is 2.38. The lowest BCUT2D eigenvalue weighted by Gasteiger charge is -2.27. The Morgan fingerprint density at radius 3 is 3.06 bits per heavy atom. The van der Waals surface area contributed by atoms with Crippen LogP contribution in [0.5, 0.6) is 0 Å². The Morgan fingerprint density at radius 2 is 2.25 bits per heavy atom. The molecule has 2 N–H and O–H groups in total. The van der Waals surface area contributed by atoms with Crippen molar-refractivity contribution in [3.63, 3.8) is 0 Å². The van der Waals surface area contributed by atoms with Crippen LogP contribution < -0.4 is 5.32 Å². The van der Waals surface area contributed by atoms with Crippen LogP contribution in [-0.2, 0) is 0 Å². The van der Waals surface area contributed by atoms with Crippen molar-refractivity contribution in [1.29, 1.82) is 0 Å². The molecule has 1 amide bonds. The maximum absolute atomic E-state index is 10.9. The normalized spacial score (nSPS) is 25.9. The first-order valence-corrected chi connectivity index (χ1v) is 5.29. The second-order valence-electron chi connectivity index (χ2n) is 4.14. The van der Waals surface area contributed by atoms with Crippen LogP contribution in [0.1, 0.15) is 11.5 Å². The van der Waals surface area contributed by atoms with Gasteiger partial charge in [-0.1, -0.05) is 18.2 Å². The number of anilines is 1. The van der Waals surface area contributed by atoms with Gasteiger partial charge in [-0.2, -0.15) is 0 Å². The Labute approximate surface area is 93.2 Å². The topological polar surface area (TPSA) is 52.6 Å². The van der Waals surface area contributed by atoms with Crippen molar-refractivity contribution in [2.24, 2.45) is 0 Å². The molecule has 0 saturated carbocycles. The fourth-order valence-corrected chi connectivity index (χ4v) is 2.43. The Kier molecular flexibility index (Phi) is 1.89. The highest BCUT2D eigenvalue weighted by Gasteiger charge is 2.34. The number of rotatable bonds is 0. The highest BCUT2D eigenvalue weighted by atomic mass is 16.4. The number of hydrogen-bond acceptors (Lipinski definition) is 2. The summed E-state index contributed by atoms with van der Waals surface area (Å²) in [7, 11) is 0. The molecule has 2 atom stereocenters. The van der Waals surface area contributed by atoms with Gasteiger partial charge in [0.15, 0.2) is 0 Å². The van der Waals surface area contributed by atoms with Crippen molar-refractivity contribution in [3.05, 3.63) is 42.1 Å². The molecule has 16 heavy (non-hydrogen) atoms. The Morgan fingerprint density at radius 1 is 1.44 bits per heavy atom. The molecule has 82 valence electrons. The van der Waals surface area contributed by atoms with Gasteiger partial charge in [0.05, 0.1) is 6.04 Å². The molecule has 0 aromatic heterocycles. The first kappa shape index (κ1) is 9.27. The number of hydrogen-bond donors (Lipinski definition) is 2. The number of amides is 1. The largest absolute Gasteiger partial charge is 0.465 e. The second kappa shape index (κ2) is 3.27. The quantitative estimate of drug-likeness (QED) is 0.698. The van der Waals surface area contributed by atoms with Gasteiger partial charge in [-0.05, 0) is 17.7 Å². The van der Waals surface area contributed by atoms with Gasteiger partial charge >= 0.3 is 6.09 Å². The molecule has 2 heterocycles. The summed E-state index contributed by atoms with van der Waals surface area (Å²) in [5.74, 6) is 0.234. The molecule has 2 unspecified atom stereocenters. The Bertz CT molecular complexity index is 470. The fourth-order valence-electron chi connectivity index (χ4n) is 2.43. The molecular formula is C12H12N2O2. The standard InChI is InChI=1S/C12H12N2O2/c15-12(16)14-6-5-11-9(7-14)8-3-1-2-4-10(8)13-11/h1-6,9,11,13H,7H2,(H,15,16). The molecule has 3 rings (SSSR count). The first-order valence-electron chi connectivity index (χ1n) is 5.29. The summed E-state index contributed by atoms with van der Waals surface area (Å²) in [6, 6.07) is 8.31. The lowest BCUT2D eigenvalue weighted by atomic mass is 9.92. The molecule has 0 bridgehead atoms. The van der Waals surface area contributed by atoms with Crippen LogP contribution in [-0.4, -0.2) is 28.7 Å². The zero-order valence-electron chi connectivity index (χ0n) is 8.63. The van der Waals surface area contributed by atoms with E-state index in [1.54, 1.807) is 6.20 Å². The van der Waals surface area contributed by atoms with E-state index in [2.05, 4.69) is 11.4 Å². The van der Waals surface area contributed by atoms with Gasteiger partial charge in [0.25, 0.3) is 0 Å². The van der Waals surface area contributed by atoms with Gasteiger partial charge in [0, 0.05) is 24.4 Å². The molecule has 0 fully saturated rings. The number of carboxylic acid groups (broad SMARTS) is 1. The predicted octanol–water partition coefficient (Wildman–Crippen LogP) is 2.07. The second-order valence-corrected chi connectivity index (χ2v) is 4.14. The van der Waals surface area contributed by atoms with Crippen LogP contribution in [0.3, 0.4) is 0 Å². The Balaban J connectivity index is 1.95. The predicted molar refractivity (Wildman–Crippen MR) is 60.5 cm³/mol. The number of fused-ring (bicyclic) bond motifs is 3. The lowest BCUT2D eigenvalue weighted by Crippen LogP contribution is -2.37. The number of nitrogens with zero attached hydrogens (tertiary/aromatic N) is 1. The van der Waals surface area contributed by atoms with Crippen LogP contribution in [0.15, 0.2) is 36.5 Å². The van der Waals surface area contributed by atoms with E-state index >= 15 is 0 Å². The van der Waals surface area contributed by atoms with E-state index in [0.29, 0.717) is 6.54 Å². The number of carbonyl (C=O) groups is 1.